The molecule has 2 saturated heterocycles. The lowest BCUT2D eigenvalue weighted by Gasteiger charge is -2.37. The molecule has 0 bridgehead atoms. The lowest BCUT2D eigenvalue weighted by molar-refractivity contribution is 0.0380. The third-order valence-corrected chi connectivity index (χ3v) is 7.58. The van der Waals surface area contributed by atoms with Crippen LogP contribution in [0.3, 0.4) is 0 Å². The molecule has 0 saturated carbocycles. The van der Waals surface area contributed by atoms with Gasteiger partial charge in [0.15, 0.2) is 5.82 Å². The Morgan fingerprint density at radius 2 is 1.77 bits per heavy atom. The Hall–Kier alpha value is -3.38. The molecule has 2 aromatic carbocycles. The number of halogens is 3. The maximum absolute atomic E-state index is 16.2. The van der Waals surface area contributed by atoms with Crippen LogP contribution in [0.25, 0.3) is 22.0 Å². The fourth-order valence-corrected chi connectivity index (χ4v) is 5.29. The van der Waals surface area contributed by atoms with Crippen molar-refractivity contribution in [3.8, 4) is 16.9 Å². The number of aromatic hydroxyl groups is 1. The summed E-state index contributed by atoms with van der Waals surface area (Å²) in [5.41, 5.74) is -0.935. The Morgan fingerprint density at radius 3 is 2.41 bits per heavy atom. The van der Waals surface area contributed by atoms with Gasteiger partial charge in [0.1, 0.15) is 29.1 Å². The van der Waals surface area contributed by atoms with Gasteiger partial charge in [0.25, 0.3) is 5.91 Å². The number of carbonyl (C=O) groups excluding carboxylic acids is 1. The predicted octanol–water partition coefficient (Wildman–Crippen LogP) is 2.95. The Bertz CT molecular complexity index is 1400. The first kappa shape index (κ1) is 27.2. The molecule has 5 rings (SSSR count). The monoisotopic (exact) mass is 558 g/mol. The average molecular weight is 559 g/mol. The molecule has 39 heavy (non-hydrogen) atoms. The topological polar surface area (TPSA) is 96.3 Å². The van der Waals surface area contributed by atoms with Crippen LogP contribution in [-0.2, 0) is 0 Å². The van der Waals surface area contributed by atoms with E-state index in [2.05, 4.69) is 21.4 Å². The molecule has 0 radical (unpaired) electrons. The van der Waals surface area contributed by atoms with Crippen LogP contribution in [0.1, 0.15) is 10.6 Å². The molecule has 206 valence electrons. The SMILES string of the molecule is C=CC(O)N1CCN(c2nc(C(=O)N3CCN(C)CC3)nc3c(F)c(-c4c(O)cccc4F)c(Cl)cc23)CC1. The van der Waals surface area contributed by atoms with Crippen molar-refractivity contribution in [2.45, 2.75) is 6.23 Å². The Morgan fingerprint density at radius 1 is 1.08 bits per heavy atom. The standard InChI is InChI=1S/C27H29ClF2N6O3/c1-3-20(38)34-11-13-35(14-12-34)26-16-15-17(28)21(22-18(29)5-4-6-19(22)37)23(30)24(16)31-25(32-26)27(39)36-9-7-33(2)8-10-36/h3-6,15,20,37-38H,1,7-14H2,2H3. The van der Waals surface area contributed by atoms with E-state index in [1.54, 1.807) is 4.90 Å². The molecular formula is C27H29ClF2N6O3. The number of fused-ring (bicyclic) bond motifs is 1. The van der Waals surface area contributed by atoms with Gasteiger partial charge in [-0.15, -0.1) is 0 Å². The number of rotatable bonds is 5. The Balaban J connectivity index is 1.65. The van der Waals surface area contributed by atoms with Crippen LogP contribution < -0.4 is 4.90 Å². The predicted molar refractivity (Wildman–Crippen MR) is 145 cm³/mol. The van der Waals surface area contributed by atoms with E-state index >= 15 is 4.39 Å². The van der Waals surface area contributed by atoms with E-state index in [0.717, 1.165) is 6.07 Å². The zero-order valence-corrected chi connectivity index (χ0v) is 22.2. The van der Waals surface area contributed by atoms with Gasteiger partial charge in [0, 0.05) is 63.3 Å². The second-order valence-corrected chi connectivity index (χ2v) is 10.1. The first-order valence-corrected chi connectivity index (χ1v) is 13.0. The van der Waals surface area contributed by atoms with Crippen molar-refractivity contribution in [1.82, 2.24) is 24.7 Å². The van der Waals surface area contributed by atoms with Crippen LogP contribution in [-0.4, -0.2) is 106 Å². The molecule has 1 amide bonds. The van der Waals surface area contributed by atoms with E-state index in [1.165, 1.54) is 24.3 Å². The number of benzene rings is 2. The molecule has 3 aromatic rings. The van der Waals surface area contributed by atoms with Crippen molar-refractivity contribution < 1.29 is 23.8 Å². The van der Waals surface area contributed by atoms with Crippen molar-refractivity contribution in [3.05, 3.63) is 59.4 Å². The summed E-state index contributed by atoms with van der Waals surface area (Å²) >= 11 is 6.50. The minimum Gasteiger partial charge on any atom is -0.507 e. The number of anilines is 1. The molecule has 1 atom stereocenters. The van der Waals surface area contributed by atoms with Crippen LogP contribution in [0.4, 0.5) is 14.6 Å². The fraction of sp³-hybridized carbons (Fsp3) is 0.370. The van der Waals surface area contributed by atoms with Gasteiger partial charge in [0.05, 0.1) is 10.6 Å². The Kier molecular flexibility index (Phi) is 7.68. The molecule has 2 N–H and O–H groups in total. The largest absolute Gasteiger partial charge is 0.507 e. The maximum atomic E-state index is 16.2. The van der Waals surface area contributed by atoms with Crippen LogP contribution in [0.5, 0.6) is 5.75 Å². The highest BCUT2D eigenvalue weighted by atomic mass is 35.5. The quantitative estimate of drug-likeness (QED) is 0.462. The summed E-state index contributed by atoms with van der Waals surface area (Å²) in [4.78, 5) is 29.8. The zero-order chi connectivity index (χ0) is 27.8. The number of aliphatic hydroxyl groups is 1. The molecule has 2 aliphatic rings. The van der Waals surface area contributed by atoms with Gasteiger partial charge in [0.2, 0.25) is 5.82 Å². The molecule has 3 heterocycles. The lowest BCUT2D eigenvalue weighted by atomic mass is 10.0. The number of aromatic nitrogens is 2. The number of likely N-dealkylation sites (N-methyl/N-ethyl adjacent to an activating group) is 1. The highest BCUT2D eigenvalue weighted by Crippen LogP contribution is 2.42. The highest BCUT2D eigenvalue weighted by molar-refractivity contribution is 6.34. The highest BCUT2D eigenvalue weighted by Gasteiger charge is 2.30. The van der Waals surface area contributed by atoms with Crippen molar-refractivity contribution in [1.29, 1.82) is 0 Å². The van der Waals surface area contributed by atoms with E-state index in [-0.39, 0.29) is 32.9 Å². The minimum absolute atomic E-state index is 0.135. The summed E-state index contributed by atoms with van der Waals surface area (Å²) in [6.07, 6.45) is 0.642. The molecule has 9 nitrogen and oxygen atoms in total. The first-order valence-electron chi connectivity index (χ1n) is 12.6. The summed E-state index contributed by atoms with van der Waals surface area (Å²) in [5, 5.41) is 20.6. The normalized spacial score (nSPS) is 18.0. The number of hydrogen-bond acceptors (Lipinski definition) is 8. The molecule has 1 unspecified atom stereocenters. The maximum Gasteiger partial charge on any atom is 0.291 e. The number of phenolic OH excluding ortho intramolecular Hbond substituents is 1. The van der Waals surface area contributed by atoms with E-state index in [4.69, 9.17) is 11.6 Å². The van der Waals surface area contributed by atoms with Crippen molar-refractivity contribution in [2.24, 2.45) is 0 Å². The Labute approximate surface area is 229 Å². The third kappa shape index (κ3) is 5.14. The molecule has 2 fully saturated rings. The van der Waals surface area contributed by atoms with Gasteiger partial charge in [-0.25, -0.2) is 18.7 Å². The summed E-state index contributed by atoms with van der Waals surface area (Å²) in [5.74, 6) is -2.59. The van der Waals surface area contributed by atoms with Gasteiger partial charge in [-0.1, -0.05) is 24.2 Å². The van der Waals surface area contributed by atoms with Crippen LogP contribution in [0.2, 0.25) is 5.02 Å². The minimum atomic E-state index is -0.963. The zero-order valence-electron chi connectivity index (χ0n) is 21.4. The van der Waals surface area contributed by atoms with E-state index in [0.29, 0.717) is 58.2 Å². The number of nitrogens with zero attached hydrogens (tertiary/aromatic N) is 6. The summed E-state index contributed by atoms with van der Waals surface area (Å²) in [6, 6.07) is 5.08. The average Bonchev–Trinajstić information content (AvgIpc) is 2.94. The number of piperazine rings is 2. The number of carbonyl (C=O) groups is 1. The van der Waals surface area contributed by atoms with Gasteiger partial charge >= 0.3 is 0 Å². The number of hydrogen-bond donors (Lipinski definition) is 2. The second kappa shape index (κ2) is 11.0. The number of phenols is 1. The van der Waals surface area contributed by atoms with Gasteiger partial charge in [-0.05, 0) is 31.3 Å². The van der Waals surface area contributed by atoms with E-state index in [9.17, 15) is 19.4 Å². The van der Waals surface area contributed by atoms with Crippen LogP contribution in [0.15, 0.2) is 36.9 Å². The van der Waals surface area contributed by atoms with Crippen molar-refractivity contribution in [3.63, 3.8) is 0 Å². The third-order valence-electron chi connectivity index (χ3n) is 7.28. The smallest absolute Gasteiger partial charge is 0.291 e. The van der Waals surface area contributed by atoms with Crippen LogP contribution >= 0.6 is 11.6 Å². The molecule has 12 heteroatoms. The van der Waals surface area contributed by atoms with Crippen molar-refractivity contribution in [2.75, 3.05) is 64.3 Å². The number of amides is 1. The van der Waals surface area contributed by atoms with Gasteiger partial charge in [-0.3, -0.25) is 9.69 Å². The molecule has 2 aliphatic heterocycles. The summed E-state index contributed by atoms with van der Waals surface area (Å²) in [7, 11) is 1.97. The lowest BCUT2D eigenvalue weighted by Crippen LogP contribution is -2.50. The first-order chi connectivity index (χ1) is 18.7. The summed E-state index contributed by atoms with van der Waals surface area (Å²) in [6.45, 7) is 7.73. The summed E-state index contributed by atoms with van der Waals surface area (Å²) < 4.78 is 31.0. The fourth-order valence-electron chi connectivity index (χ4n) is 5.00. The second-order valence-electron chi connectivity index (χ2n) is 9.72. The van der Waals surface area contributed by atoms with Crippen LogP contribution in [0, 0.1) is 11.6 Å². The molecular weight excluding hydrogens is 530 g/mol. The van der Waals surface area contributed by atoms with E-state index in [1.807, 2.05) is 16.8 Å². The molecule has 0 aliphatic carbocycles. The van der Waals surface area contributed by atoms with Gasteiger partial charge < -0.3 is 24.9 Å². The number of aliphatic hydroxyl groups excluding tert-OH is 1. The van der Waals surface area contributed by atoms with Gasteiger partial charge in [-0.2, -0.15) is 0 Å². The molecule has 1 aromatic heterocycles. The van der Waals surface area contributed by atoms with E-state index < -0.39 is 29.5 Å². The van der Waals surface area contributed by atoms with Crippen molar-refractivity contribution >= 4 is 34.2 Å². The molecule has 0 spiro atoms.